The fourth-order valence-electron chi connectivity index (χ4n) is 2.49. The number of nitrogens with zero attached hydrogens (tertiary/aromatic N) is 2. The molecule has 2 aromatic rings. The lowest BCUT2D eigenvalue weighted by atomic mass is 10.1. The molecule has 1 amide bonds. The van der Waals surface area contributed by atoms with Crippen LogP contribution in [0.1, 0.15) is 28.0 Å². The van der Waals surface area contributed by atoms with Gasteiger partial charge in [0.15, 0.2) is 0 Å². The minimum atomic E-state index is -3.69. The molecule has 7 heteroatoms. The molecule has 0 radical (unpaired) electrons. The number of aromatic nitrogens is 2. The first-order chi connectivity index (χ1) is 10.0. The van der Waals surface area contributed by atoms with Crippen LogP contribution in [0.3, 0.4) is 0 Å². The van der Waals surface area contributed by atoms with E-state index < -0.39 is 15.9 Å². The number of carbonyl (C=O) groups excluding carboxylic acids is 1. The Balaban J connectivity index is 1.76. The number of hydrogen-bond donors (Lipinski definition) is 1. The molecule has 0 bridgehead atoms. The average Bonchev–Trinajstić information content (AvgIpc) is 2.95. The van der Waals surface area contributed by atoms with Gasteiger partial charge in [-0.2, -0.15) is 5.10 Å². The van der Waals surface area contributed by atoms with Crippen LogP contribution < -0.4 is 0 Å². The summed E-state index contributed by atoms with van der Waals surface area (Å²) < 4.78 is 25.6. The van der Waals surface area contributed by atoms with Crippen LogP contribution in [0.15, 0.2) is 35.4 Å². The van der Waals surface area contributed by atoms with E-state index in [1.54, 1.807) is 24.4 Å². The molecular formula is C14H15N3O3S. The third-order valence-corrected chi connectivity index (χ3v) is 5.49. The van der Waals surface area contributed by atoms with Crippen LogP contribution in [0.4, 0.5) is 0 Å². The molecule has 0 saturated heterocycles. The number of hydrogen-bond acceptors (Lipinski definition) is 4. The van der Waals surface area contributed by atoms with Crippen molar-refractivity contribution in [2.45, 2.75) is 24.7 Å². The Kier molecular flexibility index (Phi) is 3.29. The van der Waals surface area contributed by atoms with Gasteiger partial charge in [-0.15, -0.1) is 0 Å². The first-order valence-corrected chi connectivity index (χ1v) is 8.11. The second-order valence-electron chi connectivity index (χ2n) is 5.00. The monoisotopic (exact) mass is 305 g/mol. The number of rotatable bonds is 4. The fraction of sp³-hybridized carbons (Fsp3) is 0.286. The quantitative estimate of drug-likeness (QED) is 0.927. The Morgan fingerprint density at radius 1 is 1.29 bits per heavy atom. The number of sulfonamides is 1. The maximum absolute atomic E-state index is 12.3. The van der Waals surface area contributed by atoms with Crippen molar-refractivity contribution in [1.29, 1.82) is 0 Å². The molecule has 6 nitrogen and oxygen atoms in total. The van der Waals surface area contributed by atoms with Crippen LogP contribution in [0.5, 0.6) is 0 Å². The third-order valence-electron chi connectivity index (χ3n) is 3.65. The molecule has 0 saturated carbocycles. The van der Waals surface area contributed by atoms with Gasteiger partial charge in [0.1, 0.15) is 4.90 Å². The minimum absolute atomic E-state index is 0.106. The Bertz CT molecular complexity index is 795. The summed E-state index contributed by atoms with van der Waals surface area (Å²) in [6.45, 7) is 2.09. The lowest BCUT2D eigenvalue weighted by molar-refractivity contribution is 0.0870. The normalized spacial score (nSPS) is 16.2. The van der Waals surface area contributed by atoms with Gasteiger partial charge in [-0.3, -0.25) is 9.89 Å². The SMILES string of the molecule is Cc1[nH]ncc1CCCN1C(=O)c2ccccc2S1(=O)=O. The summed E-state index contributed by atoms with van der Waals surface area (Å²) in [5.74, 6) is -0.436. The van der Waals surface area contributed by atoms with Gasteiger partial charge in [-0.05, 0) is 37.5 Å². The van der Waals surface area contributed by atoms with Crippen LogP contribution in [-0.2, 0) is 16.4 Å². The topological polar surface area (TPSA) is 83.1 Å². The zero-order valence-electron chi connectivity index (χ0n) is 11.5. The van der Waals surface area contributed by atoms with Gasteiger partial charge in [0, 0.05) is 12.2 Å². The van der Waals surface area contributed by atoms with E-state index in [-0.39, 0.29) is 17.0 Å². The highest BCUT2D eigenvalue weighted by Crippen LogP contribution is 2.30. The zero-order valence-corrected chi connectivity index (χ0v) is 12.4. The molecule has 0 fully saturated rings. The molecule has 21 heavy (non-hydrogen) atoms. The molecule has 1 aliphatic rings. The second kappa shape index (κ2) is 5.00. The average molecular weight is 305 g/mol. The van der Waals surface area contributed by atoms with Crippen LogP contribution in [0.25, 0.3) is 0 Å². The first kappa shape index (κ1) is 13.8. The molecule has 0 unspecified atom stereocenters. The van der Waals surface area contributed by atoms with Crippen molar-refractivity contribution < 1.29 is 13.2 Å². The number of H-pyrrole nitrogens is 1. The lowest BCUT2D eigenvalue weighted by Gasteiger charge is -2.14. The molecule has 2 heterocycles. The smallest absolute Gasteiger partial charge is 0.269 e. The van der Waals surface area contributed by atoms with Crippen LogP contribution in [-0.4, -0.2) is 35.4 Å². The molecule has 110 valence electrons. The highest BCUT2D eigenvalue weighted by atomic mass is 32.2. The standard InChI is InChI=1S/C14H15N3O3S/c1-10-11(9-15-16-10)5-4-8-17-14(18)12-6-2-3-7-13(12)21(17,19)20/h2-3,6-7,9H,4-5,8H2,1H3,(H,15,16). The van der Waals surface area contributed by atoms with Crippen molar-refractivity contribution >= 4 is 15.9 Å². The van der Waals surface area contributed by atoms with Gasteiger partial charge < -0.3 is 0 Å². The largest absolute Gasteiger partial charge is 0.283 e. The summed E-state index contributed by atoms with van der Waals surface area (Å²) in [7, 11) is -3.69. The zero-order chi connectivity index (χ0) is 15.0. The van der Waals surface area contributed by atoms with Crippen molar-refractivity contribution in [2.24, 2.45) is 0 Å². The van der Waals surface area contributed by atoms with E-state index in [9.17, 15) is 13.2 Å². The molecule has 0 atom stereocenters. The molecule has 0 spiro atoms. The Labute approximate surface area is 122 Å². The van der Waals surface area contributed by atoms with Gasteiger partial charge in [0.2, 0.25) is 0 Å². The number of carbonyl (C=O) groups is 1. The molecular weight excluding hydrogens is 290 g/mol. The van der Waals surface area contributed by atoms with Gasteiger partial charge in [0.25, 0.3) is 15.9 Å². The van der Waals surface area contributed by atoms with E-state index in [2.05, 4.69) is 10.2 Å². The molecule has 1 aromatic heterocycles. The fourth-order valence-corrected chi connectivity index (χ4v) is 4.10. The Hall–Kier alpha value is -2.15. The van der Waals surface area contributed by atoms with Gasteiger partial charge in [-0.25, -0.2) is 12.7 Å². The molecule has 3 rings (SSSR count). The van der Waals surface area contributed by atoms with E-state index in [1.165, 1.54) is 6.07 Å². The van der Waals surface area contributed by atoms with Gasteiger partial charge >= 0.3 is 0 Å². The highest BCUT2D eigenvalue weighted by Gasteiger charge is 2.40. The van der Waals surface area contributed by atoms with Crippen molar-refractivity contribution in [1.82, 2.24) is 14.5 Å². The maximum atomic E-state index is 12.3. The Morgan fingerprint density at radius 2 is 2.05 bits per heavy atom. The van der Waals surface area contributed by atoms with Crippen LogP contribution in [0, 0.1) is 6.92 Å². The van der Waals surface area contributed by atoms with Crippen molar-refractivity contribution in [3.8, 4) is 0 Å². The number of benzene rings is 1. The summed E-state index contributed by atoms with van der Waals surface area (Å²) in [5, 5.41) is 6.76. The number of nitrogens with one attached hydrogen (secondary N) is 1. The van der Waals surface area contributed by atoms with Crippen LogP contribution >= 0.6 is 0 Å². The summed E-state index contributed by atoms with van der Waals surface area (Å²) in [5.41, 5.74) is 2.27. The summed E-state index contributed by atoms with van der Waals surface area (Å²) >= 11 is 0. The van der Waals surface area contributed by atoms with E-state index >= 15 is 0 Å². The predicted molar refractivity (Wildman–Crippen MR) is 76.3 cm³/mol. The van der Waals surface area contributed by atoms with Gasteiger partial charge in [0.05, 0.1) is 11.8 Å². The second-order valence-corrected chi connectivity index (χ2v) is 6.83. The summed E-state index contributed by atoms with van der Waals surface area (Å²) in [6.07, 6.45) is 2.97. The molecule has 1 N–H and O–H groups in total. The van der Waals surface area contributed by atoms with Gasteiger partial charge in [-0.1, -0.05) is 12.1 Å². The summed E-state index contributed by atoms with van der Waals surface area (Å²) in [4.78, 5) is 12.3. The maximum Gasteiger partial charge on any atom is 0.269 e. The summed E-state index contributed by atoms with van der Waals surface area (Å²) in [6, 6.07) is 6.32. The van der Waals surface area contributed by atoms with E-state index in [4.69, 9.17) is 0 Å². The highest BCUT2D eigenvalue weighted by molar-refractivity contribution is 7.90. The Morgan fingerprint density at radius 3 is 2.71 bits per heavy atom. The molecule has 1 aliphatic heterocycles. The molecule has 1 aromatic carbocycles. The minimum Gasteiger partial charge on any atom is -0.283 e. The third kappa shape index (κ3) is 2.23. The molecule has 0 aliphatic carbocycles. The van der Waals surface area contributed by atoms with E-state index in [0.29, 0.717) is 12.8 Å². The number of fused-ring (bicyclic) bond motifs is 1. The lowest BCUT2D eigenvalue weighted by Crippen LogP contribution is -2.31. The number of amides is 1. The van der Waals surface area contributed by atoms with Crippen LogP contribution in [0.2, 0.25) is 0 Å². The van der Waals surface area contributed by atoms with Crippen molar-refractivity contribution in [3.05, 3.63) is 47.3 Å². The number of aromatic amines is 1. The van der Waals surface area contributed by atoms with E-state index in [0.717, 1.165) is 15.6 Å². The van der Waals surface area contributed by atoms with E-state index in [1.807, 2.05) is 6.92 Å². The first-order valence-electron chi connectivity index (χ1n) is 6.67. The van der Waals surface area contributed by atoms with Crippen molar-refractivity contribution in [3.63, 3.8) is 0 Å². The number of aryl methyl sites for hydroxylation is 2. The predicted octanol–water partition coefficient (Wildman–Crippen LogP) is 1.50. The van der Waals surface area contributed by atoms with Crippen molar-refractivity contribution in [2.75, 3.05) is 6.54 Å².